The maximum Gasteiger partial charge on any atom is 0.389 e. The number of hydrogen-bond acceptors (Lipinski definition) is 5. The summed E-state index contributed by atoms with van der Waals surface area (Å²) in [7, 11) is 0. The highest BCUT2D eigenvalue weighted by Crippen LogP contribution is 2.22. The minimum Gasteiger partial charge on any atom is -0.344 e. The SMILES string of the molecule is CC(Nc1nccc(CCC(F)(F)F)n1)c1nncn1C(C)C. The van der Waals surface area contributed by atoms with Gasteiger partial charge in [-0.25, -0.2) is 9.97 Å². The van der Waals surface area contributed by atoms with E-state index in [1.807, 2.05) is 25.3 Å². The first kappa shape index (κ1) is 17.2. The van der Waals surface area contributed by atoms with Crippen molar-refractivity contribution in [1.29, 1.82) is 0 Å². The number of anilines is 1. The van der Waals surface area contributed by atoms with Crippen LogP contribution < -0.4 is 5.32 Å². The smallest absolute Gasteiger partial charge is 0.344 e. The van der Waals surface area contributed by atoms with Crippen molar-refractivity contribution < 1.29 is 13.2 Å². The van der Waals surface area contributed by atoms with Crippen LogP contribution in [0.25, 0.3) is 0 Å². The van der Waals surface area contributed by atoms with E-state index in [1.54, 1.807) is 6.33 Å². The van der Waals surface area contributed by atoms with E-state index in [9.17, 15) is 13.2 Å². The summed E-state index contributed by atoms with van der Waals surface area (Å²) in [5, 5.41) is 11.0. The molecule has 0 saturated carbocycles. The molecule has 0 radical (unpaired) electrons. The van der Waals surface area contributed by atoms with E-state index in [2.05, 4.69) is 25.5 Å². The molecule has 23 heavy (non-hydrogen) atoms. The Balaban J connectivity index is 2.06. The van der Waals surface area contributed by atoms with Crippen LogP contribution in [0.1, 0.15) is 50.8 Å². The maximum atomic E-state index is 12.3. The topological polar surface area (TPSA) is 68.5 Å². The third-order valence-electron chi connectivity index (χ3n) is 3.27. The lowest BCUT2D eigenvalue weighted by atomic mass is 10.2. The van der Waals surface area contributed by atoms with Crippen LogP contribution in [0.4, 0.5) is 19.1 Å². The molecule has 2 rings (SSSR count). The molecule has 0 aromatic carbocycles. The predicted octanol–water partition coefficient (Wildman–Crippen LogP) is 3.32. The van der Waals surface area contributed by atoms with Gasteiger partial charge in [0.15, 0.2) is 5.82 Å². The predicted molar refractivity (Wildman–Crippen MR) is 78.9 cm³/mol. The van der Waals surface area contributed by atoms with Crippen molar-refractivity contribution in [2.45, 2.75) is 51.9 Å². The van der Waals surface area contributed by atoms with Crippen LogP contribution >= 0.6 is 0 Å². The Bertz CT molecular complexity index is 637. The quantitative estimate of drug-likeness (QED) is 0.881. The van der Waals surface area contributed by atoms with Crippen LogP contribution in [0.2, 0.25) is 0 Å². The van der Waals surface area contributed by atoms with E-state index in [4.69, 9.17) is 0 Å². The number of hydrogen-bond donors (Lipinski definition) is 1. The third-order valence-corrected chi connectivity index (χ3v) is 3.27. The second-order valence-electron chi connectivity index (χ2n) is 5.54. The minimum atomic E-state index is -4.19. The van der Waals surface area contributed by atoms with E-state index >= 15 is 0 Å². The summed E-state index contributed by atoms with van der Waals surface area (Å²) >= 11 is 0. The first-order valence-electron chi connectivity index (χ1n) is 7.31. The summed E-state index contributed by atoms with van der Waals surface area (Å²) in [4.78, 5) is 8.17. The fourth-order valence-corrected chi connectivity index (χ4v) is 2.09. The van der Waals surface area contributed by atoms with Gasteiger partial charge in [-0.3, -0.25) is 0 Å². The molecule has 1 N–H and O–H groups in total. The van der Waals surface area contributed by atoms with Gasteiger partial charge in [-0.15, -0.1) is 10.2 Å². The zero-order valence-corrected chi connectivity index (χ0v) is 13.2. The molecule has 9 heteroatoms. The largest absolute Gasteiger partial charge is 0.389 e. The molecule has 0 aliphatic carbocycles. The Hall–Kier alpha value is -2.19. The summed E-state index contributed by atoms with van der Waals surface area (Å²) in [6.45, 7) is 5.89. The van der Waals surface area contributed by atoms with Gasteiger partial charge >= 0.3 is 6.18 Å². The van der Waals surface area contributed by atoms with Gasteiger partial charge in [0.05, 0.1) is 6.04 Å². The minimum absolute atomic E-state index is 0.169. The highest BCUT2D eigenvalue weighted by atomic mass is 19.4. The molecule has 0 aliphatic rings. The molecular weight excluding hydrogens is 309 g/mol. The molecule has 6 nitrogen and oxygen atoms in total. The molecule has 1 atom stereocenters. The van der Waals surface area contributed by atoms with E-state index < -0.39 is 12.6 Å². The van der Waals surface area contributed by atoms with Gasteiger partial charge in [0, 0.05) is 24.4 Å². The van der Waals surface area contributed by atoms with Crippen LogP contribution in [0.5, 0.6) is 0 Å². The monoisotopic (exact) mass is 328 g/mol. The lowest BCUT2D eigenvalue weighted by molar-refractivity contribution is -0.134. The average Bonchev–Trinajstić information content (AvgIpc) is 2.94. The van der Waals surface area contributed by atoms with Crippen molar-refractivity contribution in [1.82, 2.24) is 24.7 Å². The fourth-order valence-electron chi connectivity index (χ4n) is 2.09. The van der Waals surface area contributed by atoms with Crippen LogP contribution in [0.15, 0.2) is 18.6 Å². The first-order valence-corrected chi connectivity index (χ1v) is 7.31. The molecule has 2 aromatic rings. The Morgan fingerprint density at radius 1 is 1.26 bits per heavy atom. The Morgan fingerprint density at radius 3 is 2.65 bits per heavy atom. The van der Waals surface area contributed by atoms with Crippen molar-refractivity contribution in [3.63, 3.8) is 0 Å². The van der Waals surface area contributed by atoms with Gasteiger partial charge in [0.1, 0.15) is 6.33 Å². The molecule has 0 spiro atoms. The van der Waals surface area contributed by atoms with E-state index in [0.717, 1.165) is 0 Å². The zero-order valence-electron chi connectivity index (χ0n) is 13.2. The van der Waals surface area contributed by atoms with Crippen molar-refractivity contribution in [2.24, 2.45) is 0 Å². The lowest BCUT2D eigenvalue weighted by Gasteiger charge is -2.17. The summed E-state index contributed by atoms with van der Waals surface area (Å²) in [6.07, 6.45) is -2.18. The number of nitrogens with zero attached hydrogens (tertiary/aromatic N) is 5. The average molecular weight is 328 g/mol. The van der Waals surface area contributed by atoms with Gasteiger partial charge in [-0.1, -0.05) is 0 Å². The number of rotatable bonds is 6. The summed E-state index contributed by atoms with van der Waals surface area (Å²) < 4.78 is 38.8. The number of aryl methyl sites for hydroxylation is 1. The number of alkyl halides is 3. The summed E-state index contributed by atoms with van der Waals surface area (Å²) in [5.41, 5.74) is 0.345. The van der Waals surface area contributed by atoms with Gasteiger partial charge in [-0.2, -0.15) is 13.2 Å². The molecule has 0 saturated heterocycles. The third kappa shape index (κ3) is 4.90. The van der Waals surface area contributed by atoms with Crippen LogP contribution in [-0.4, -0.2) is 30.9 Å². The number of halogens is 3. The summed E-state index contributed by atoms with van der Waals surface area (Å²) in [5.74, 6) is 0.986. The molecule has 1 unspecified atom stereocenters. The first-order chi connectivity index (χ1) is 10.8. The molecule has 2 aromatic heterocycles. The highest BCUT2D eigenvalue weighted by molar-refractivity contribution is 5.28. The maximum absolute atomic E-state index is 12.3. The molecule has 0 aliphatic heterocycles. The zero-order chi connectivity index (χ0) is 17.0. The van der Waals surface area contributed by atoms with E-state index in [-0.39, 0.29) is 24.5 Å². The van der Waals surface area contributed by atoms with E-state index in [1.165, 1.54) is 12.3 Å². The number of nitrogens with one attached hydrogen (secondary N) is 1. The molecular formula is C14H19F3N6. The van der Waals surface area contributed by atoms with Gasteiger partial charge in [-0.05, 0) is 33.3 Å². The van der Waals surface area contributed by atoms with Crippen LogP contribution in [-0.2, 0) is 6.42 Å². The van der Waals surface area contributed by atoms with Crippen molar-refractivity contribution in [3.05, 3.63) is 30.1 Å². The Labute approximate surface area is 132 Å². The van der Waals surface area contributed by atoms with E-state index in [0.29, 0.717) is 11.5 Å². The Morgan fingerprint density at radius 2 is 2.00 bits per heavy atom. The molecule has 0 bridgehead atoms. The second kappa shape index (κ2) is 6.93. The van der Waals surface area contributed by atoms with Crippen LogP contribution in [0.3, 0.4) is 0 Å². The fraction of sp³-hybridized carbons (Fsp3) is 0.571. The lowest BCUT2D eigenvalue weighted by Crippen LogP contribution is -2.16. The van der Waals surface area contributed by atoms with Crippen molar-refractivity contribution in [3.8, 4) is 0 Å². The van der Waals surface area contributed by atoms with Gasteiger partial charge in [0.2, 0.25) is 5.95 Å². The molecule has 2 heterocycles. The number of aromatic nitrogens is 5. The van der Waals surface area contributed by atoms with Crippen LogP contribution in [0, 0.1) is 0 Å². The molecule has 126 valence electrons. The second-order valence-corrected chi connectivity index (χ2v) is 5.54. The standard InChI is InChI=1S/C14H19F3N6/c1-9(2)23-8-19-22-12(23)10(3)20-13-18-7-5-11(21-13)4-6-14(15,16)17/h5,7-10H,4,6H2,1-3H3,(H,18,20,21). The van der Waals surface area contributed by atoms with Gasteiger partial charge < -0.3 is 9.88 Å². The highest BCUT2D eigenvalue weighted by Gasteiger charge is 2.26. The molecule has 0 fully saturated rings. The summed E-state index contributed by atoms with van der Waals surface area (Å²) in [6, 6.07) is 1.46. The normalized spacial score (nSPS) is 13.3. The van der Waals surface area contributed by atoms with Crippen molar-refractivity contribution >= 4 is 5.95 Å². The van der Waals surface area contributed by atoms with Gasteiger partial charge in [0.25, 0.3) is 0 Å². The Kier molecular flexibility index (Phi) is 5.17. The van der Waals surface area contributed by atoms with Crippen molar-refractivity contribution in [2.75, 3.05) is 5.32 Å². The molecule has 0 amide bonds.